The van der Waals surface area contributed by atoms with E-state index in [0.717, 1.165) is 24.8 Å². The number of aliphatic hydroxyl groups excluding tert-OH is 1. The van der Waals surface area contributed by atoms with Crippen LogP contribution in [0.2, 0.25) is 0 Å². The molecule has 1 atom stereocenters. The highest BCUT2D eigenvalue weighted by Gasteiger charge is 2.32. The summed E-state index contributed by atoms with van der Waals surface area (Å²) in [6.45, 7) is 15.0. The lowest BCUT2D eigenvalue weighted by Crippen LogP contribution is -2.35. The van der Waals surface area contributed by atoms with Gasteiger partial charge >= 0.3 is 11.9 Å². The number of aryl methyl sites for hydroxylation is 3. The Kier molecular flexibility index (Phi) is 14.6. The third-order valence-electron chi connectivity index (χ3n) is 7.97. The largest absolute Gasteiger partial charge is 0.462 e. The first kappa shape index (κ1) is 34.0. The van der Waals surface area contributed by atoms with E-state index >= 15 is 0 Å². The highest BCUT2D eigenvalue weighted by Crippen LogP contribution is 2.31. The minimum Gasteiger partial charge on any atom is -0.462 e. The SMILES string of the molecule is C=C(C)C(=O)OCC(CC)(CCc1ccc(-c2ccc(CCCCCCC)c(CC)c2)cc1)COC(=O)C(=C)CO. The van der Waals surface area contributed by atoms with Crippen molar-refractivity contribution in [3.8, 4) is 11.1 Å². The molecule has 224 valence electrons. The van der Waals surface area contributed by atoms with Crippen molar-refractivity contribution < 1.29 is 24.2 Å². The molecular formula is C36H50O5. The first-order chi connectivity index (χ1) is 19.7. The molecule has 2 aromatic carbocycles. The topological polar surface area (TPSA) is 72.8 Å². The molecule has 0 spiro atoms. The van der Waals surface area contributed by atoms with Crippen LogP contribution < -0.4 is 0 Å². The number of aliphatic hydroxyl groups is 1. The van der Waals surface area contributed by atoms with E-state index in [9.17, 15) is 14.7 Å². The molecule has 0 saturated heterocycles. The summed E-state index contributed by atoms with van der Waals surface area (Å²) in [5.74, 6) is -1.11. The van der Waals surface area contributed by atoms with E-state index in [0.29, 0.717) is 18.4 Å². The van der Waals surface area contributed by atoms with Gasteiger partial charge in [-0.25, -0.2) is 9.59 Å². The summed E-state index contributed by atoms with van der Waals surface area (Å²) in [4.78, 5) is 24.3. The van der Waals surface area contributed by atoms with Crippen LogP contribution in [0.4, 0.5) is 0 Å². The molecule has 5 heteroatoms. The molecule has 2 aromatic rings. The van der Waals surface area contributed by atoms with Crippen LogP contribution in [0.3, 0.4) is 0 Å². The van der Waals surface area contributed by atoms with E-state index in [1.54, 1.807) is 6.92 Å². The van der Waals surface area contributed by atoms with Crippen molar-refractivity contribution in [3.63, 3.8) is 0 Å². The fraction of sp³-hybridized carbons (Fsp3) is 0.500. The number of benzene rings is 2. The van der Waals surface area contributed by atoms with Crippen LogP contribution in [0.15, 0.2) is 66.8 Å². The number of hydrogen-bond acceptors (Lipinski definition) is 5. The van der Waals surface area contributed by atoms with Gasteiger partial charge in [-0.05, 0) is 73.3 Å². The van der Waals surface area contributed by atoms with Crippen molar-refractivity contribution in [2.24, 2.45) is 5.41 Å². The molecule has 0 saturated carbocycles. The van der Waals surface area contributed by atoms with E-state index in [4.69, 9.17) is 9.47 Å². The van der Waals surface area contributed by atoms with Crippen molar-refractivity contribution in [3.05, 3.63) is 83.5 Å². The zero-order chi connectivity index (χ0) is 30.3. The molecule has 1 N–H and O–H groups in total. The van der Waals surface area contributed by atoms with E-state index in [1.165, 1.54) is 54.4 Å². The maximum Gasteiger partial charge on any atom is 0.335 e. The number of carbonyl (C=O) groups is 2. The first-order valence-electron chi connectivity index (χ1n) is 15.2. The van der Waals surface area contributed by atoms with E-state index in [1.807, 2.05) is 6.92 Å². The van der Waals surface area contributed by atoms with Gasteiger partial charge in [-0.15, -0.1) is 0 Å². The van der Waals surface area contributed by atoms with Gasteiger partial charge in [0.2, 0.25) is 0 Å². The lowest BCUT2D eigenvalue weighted by Gasteiger charge is -2.32. The number of hydrogen-bond donors (Lipinski definition) is 1. The Balaban J connectivity index is 2.11. The number of ether oxygens (including phenoxy) is 2. The molecule has 0 aliphatic heterocycles. The highest BCUT2D eigenvalue weighted by atomic mass is 16.5. The predicted molar refractivity (Wildman–Crippen MR) is 168 cm³/mol. The minimum absolute atomic E-state index is 0.00393. The van der Waals surface area contributed by atoms with Crippen molar-refractivity contribution in [1.29, 1.82) is 0 Å². The summed E-state index contributed by atoms with van der Waals surface area (Å²) in [5.41, 5.74) is 6.22. The molecule has 0 fully saturated rings. The fourth-order valence-corrected chi connectivity index (χ4v) is 4.86. The molecule has 2 rings (SSSR count). The lowest BCUT2D eigenvalue weighted by molar-refractivity contribution is -0.150. The van der Waals surface area contributed by atoms with Crippen LogP contribution in [0, 0.1) is 5.41 Å². The molecule has 0 aliphatic rings. The monoisotopic (exact) mass is 562 g/mol. The molecule has 0 bridgehead atoms. The Morgan fingerprint density at radius 3 is 2.02 bits per heavy atom. The van der Waals surface area contributed by atoms with Crippen molar-refractivity contribution in [2.75, 3.05) is 19.8 Å². The first-order valence-corrected chi connectivity index (χ1v) is 15.2. The lowest BCUT2D eigenvalue weighted by atomic mass is 9.81. The summed E-state index contributed by atoms with van der Waals surface area (Å²) < 4.78 is 11.0. The maximum atomic E-state index is 12.2. The third-order valence-corrected chi connectivity index (χ3v) is 7.97. The van der Waals surface area contributed by atoms with Gasteiger partial charge in [0.1, 0.15) is 13.2 Å². The second-order valence-corrected chi connectivity index (χ2v) is 11.2. The van der Waals surface area contributed by atoms with Crippen molar-refractivity contribution in [1.82, 2.24) is 0 Å². The number of unbranched alkanes of at least 4 members (excludes halogenated alkanes) is 4. The molecular weight excluding hydrogens is 512 g/mol. The Morgan fingerprint density at radius 2 is 1.44 bits per heavy atom. The third kappa shape index (κ3) is 11.0. The smallest absolute Gasteiger partial charge is 0.335 e. The zero-order valence-corrected chi connectivity index (χ0v) is 25.7. The summed E-state index contributed by atoms with van der Waals surface area (Å²) in [6.07, 6.45) is 10.7. The average Bonchev–Trinajstić information content (AvgIpc) is 3.00. The van der Waals surface area contributed by atoms with E-state index in [2.05, 4.69) is 69.5 Å². The zero-order valence-electron chi connectivity index (χ0n) is 25.7. The Morgan fingerprint density at radius 1 is 0.805 bits per heavy atom. The van der Waals surface area contributed by atoms with Gasteiger partial charge in [0.15, 0.2) is 0 Å². The fourth-order valence-electron chi connectivity index (χ4n) is 4.86. The molecule has 0 heterocycles. The summed E-state index contributed by atoms with van der Waals surface area (Å²) >= 11 is 0. The van der Waals surface area contributed by atoms with Gasteiger partial charge in [-0.2, -0.15) is 0 Å². The summed E-state index contributed by atoms with van der Waals surface area (Å²) in [6, 6.07) is 15.5. The number of rotatable bonds is 19. The summed E-state index contributed by atoms with van der Waals surface area (Å²) in [5, 5.41) is 9.21. The standard InChI is InChI=1S/C36H50O5/c1-7-10-11-12-13-14-31-19-20-33(23-30(31)8-2)32-17-15-29(16-18-32)21-22-36(9-3,25-40-34(38)27(4)5)26-41-35(39)28(6)24-37/h15-20,23,37H,4,6-14,21-22,24-26H2,1-3,5H3. The van der Waals surface area contributed by atoms with Crippen LogP contribution in [0.25, 0.3) is 11.1 Å². The van der Waals surface area contributed by atoms with Gasteiger partial charge in [-0.3, -0.25) is 0 Å². The van der Waals surface area contributed by atoms with Crippen LogP contribution >= 0.6 is 0 Å². The van der Waals surface area contributed by atoms with E-state index < -0.39 is 24.0 Å². The van der Waals surface area contributed by atoms with Crippen LogP contribution in [0.1, 0.15) is 89.3 Å². The Labute approximate surface area is 247 Å². The maximum absolute atomic E-state index is 12.2. The van der Waals surface area contributed by atoms with Crippen LogP contribution in [-0.4, -0.2) is 36.9 Å². The second-order valence-electron chi connectivity index (χ2n) is 11.2. The molecule has 5 nitrogen and oxygen atoms in total. The molecule has 0 radical (unpaired) electrons. The van der Waals surface area contributed by atoms with Crippen LogP contribution in [-0.2, 0) is 38.3 Å². The number of esters is 2. The minimum atomic E-state index is -0.644. The molecule has 0 aromatic heterocycles. The van der Waals surface area contributed by atoms with Gasteiger partial charge in [0.25, 0.3) is 0 Å². The van der Waals surface area contributed by atoms with Gasteiger partial charge < -0.3 is 14.6 Å². The Bertz CT molecular complexity index is 1150. The predicted octanol–water partition coefficient (Wildman–Crippen LogP) is 7.97. The average molecular weight is 563 g/mol. The molecule has 0 amide bonds. The van der Waals surface area contributed by atoms with Gasteiger partial charge in [0.05, 0.1) is 12.2 Å². The van der Waals surface area contributed by atoms with Crippen LogP contribution in [0.5, 0.6) is 0 Å². The van der Waals surface area contributed by atoms with Gasteiger partial charge in [-0.1, -0.05) is 102 Å². The summed E-state index contributed by atoms with van der Waals surface area (Å²) in [7, 11) is 0. The normalized spacial score (nSPS) is 12.4. The van der Waals surface area contributed by atoms with Crippen molar-refractivity contribution >= 4 is 11.9 Å². The molecule has 41 heavy (non-hydrogen) atoms. The highest BCUT2D eigenvalue weighted by molar-refractivity contribution is 5.88. The van der Waals surface area contributed by atoms with Crippen molar-refractivity contribution in [2.45, 2.75) is 91.9 Å². The Hall–Kier alpha value is -3.18. The van der Waals surface area contributed by atoms with E-state index in [-0.39, 0.29) is 18.8 Å². The quantitative estimate of drug-likeness (QED) is 0.107. The van der Waals surface area contributed by atoms with Gasteiger partial charge in [0, 0.05) is 11.0 Å². The molecule has 0 aliphatic carbocycles. The molecule has 1 unspecified atom stereocenters. The number of carbonyl (C=O) groups excluding carboxylic acids is 2. The second kappa shape index (κ2) is 17.6.